The number of rotatable bonds is 7. The molecule has 4 rings (SSSR count). The van der Waals surface area contributed by atoms with E-state index in [2.05, 4.69) is 19.8 Å². The highest BCUT2D eigenvalue weighted by molar-refractivity contribution is 7.89. The van der Waals surface area contributed by atoms with Crippen LogP contribution in [0.5, 0.6) is 0 Å². The van der Waals surface area contributed by atoms with Gasteiger partial charge in [-0.25, -0.2) is 13.4 Å². The molecule has 0 spiro atoms. The molecule has 1 N–H and O–H groups in total. The number of thiazole rings is 1. The molecule has 0 saturated heterocycles. The SMILES string of the molecule is Cc1ccc(S(=O)(=O)N[C@@H](c2nc(-c3ccc(-c4csc(C)n4)cc3)no2)C(C)C)cc1. The van der Waals surface area contributed by atoms with E-state index in [-0.39, 0.29) is 16.7 Å². The maximum atomic E-state index is 12.9. The Kier molecular flexibility index (Phi) is 6.23. The van der Waals surface area contributed by atoms with Crippen LogP contribution in [0.4, 0.5) is 0 Å². The number of nitrogens with one attached hydrogen (secondary N) is 1. The summed E-state index contributed by atoms with van der Waals surface area (Å²) < 4.78 is 33.9. The number of aryl methyl sites for hydroxylation is 2. The molecule has 0 amide bonds. The Morgan fingerprint density at radius 2 is 1.59 bits per heavy atom. The Morgan fingerprint density at radius 3 is 2.19 bits per heavy atom. The number of nitrogens with zero attached hydrogens (tertiary/aromatic N) is 3. The summed E-state index contributed by atoms with van der Waals surface area (Å²) in [4.78, 5) is 9.18. The van der Waals surface area contributed by atoms with Crippen LogP contribution >= 0.6 is 11.3 Å². The van der Waals surface area contributed by atoms with Crippen molar-refractivity contribution in [1.29, 1.82) is 0 Å². The Hall–Kier alpha value is -2.88. The highest BCUT2D eigenvalue weighted by atomic mass is 32.2. The van der Waals surface area contributed by atoms with Gasteiger partial charge in [-0.05, 0) is 31.9 Å². The Balaban J connectivity index is 1.56. The van der Waals surface area contributed by atoms with Gasteiger partial charge < -0.3 is 4.52 Å². The minimum Gasteiger partial charge on any atom is -0.337 e. The average molecular weight is 469 g/mol. The first kappa shape index (κ1) is 22.3. The van der Waals surface area contributed by atoms with Gasteiger partial charge >= 0.3 is 0 Å². The molecular weight excluding hydrogens is 444 g/mol. The number of aromatic nitrogens is 3. The summed E-state index contributed by atoms with van der Waals surface area (Å²) >= 11 is 1.61. The van der Waals surface area contributed by atoms with E-state index in [1.807, 2.05) is 57.3 Å². The number of hydrogen-bond acceptors (Lipinski definition) is 7. The Labute approximate surface area is 191 Å². The molecule has 1 atom stereocenters. The molecule has 0 aliphatic heterocycles. The van der Waals surface area contributed by atoms with Gasteiger partial charge in [-0.1, -0.05) is 61.0 Å². The van der Waals surface area contributed by atoms with Gasteiger partial charge in [0.15, 0.2) is 0 Å². The quantitative estimate of drug-likeness (QED) is 0.403. The molecule has 0 saturated carbocycles. The summed E-state index contributed by atoms with van der Waals surface area (Å²) in [6.07, 6.45) is 0. The summed E-state index contributed by atoms with van der Waals surface area (Å²) in [5.41, 5.74) is 3.70. The van der Waals surface area contributed by atoms with Crippen LogP contribution in [0.25, 0.3) is 22.6 Å². The fraction of sp³-hybridized carbons (Fsp3) is 0.261. The lowest BCUT2D eigenvalue weighted by Crippen LogP contribution is -2.32. The van der Waals surface area contributed by atoms with Crippen molar-refractivity contribution in [2.75, 3.05) is 0 Å². The van der Waals surface area contributed by atoms with Gasteiger partial charge in [-0.2, -0.15) is 9.71 Å². The predicted octanol–water partition coefficient (Wildman–Crippen LogP) is 5.15. The third-order valence-electron chi connectivity index (χ3n) is 5.05. The van der Waals surface area contributed by atoms with Gasteiger partial charge in [-0.15, -0.1) is 11.3 Å². The van der Waals surface area contributed by atoms with Crippen molar-refractivity contribution in [3.05, 3.63) is 70.4 Å². The third kappa shape index (κ3) is 4.79. The third-order valence-corrected chi connectivity index (χ3v) is 7.28. The largest absolute Gasteiger partial charge is 0.337 e. The number of hydrogen-bond donors (Lipinski definition) is 1. The maximum Gasteiger partial charge on any atom is 0.245 e. The van der Waals surface area contributed by atoms with Gasteiger partial charge in [0, 0.05) is 16.5 Å². The molecule has 7 nitrogen and oxygen atoms in total. The lowest BCUT2D eigenvalue weighted by Gasteiger charge is -2.18. The van der Waals surface area contributed by atoms with E-state index in [4.69, 9.17) is 4.52 Å². The first-order valence-corrected chi connectivity index (χ1v) is 12.5. The van der Waals surface area contributed by atoms with Crippen molar-refractivity contribution < 1.29 is 12.9 Å². The minimum atomic E-state index is -3.74. The van der Waals surface area contributed by atoms with Gasteiger partial charge in [-0.3, -0.25) is 0 Å². The molecule has 9 heteroatoms. The molecule has 32 heavy (non-hydrogen) atoms. The Morgan fingerprint density at radius 1 is 0.938 bits per heavy atom. The molecule has 0 unspecified atom stereocenters. The zero-order valence-corrected chi connectivity index (χ0v) is 19.9. The van der Waals surface area contributed by atoms with Gasteiger partial charge in [0.05, 0.1) is 15.6 Å². The zero-order valence-electron chi connectivity index (χ0n) is 18.2. The Bertz CT molecular complexity index is 1310. The van der Waals surface area contributed by atoms with Crippen molar-refractivity contribution in [2.45, 2.75) is 38.6 Å². The van der Waals surface area contributed by atoms with Crippen LogP contribution in [0.1, 0.15) is 36.4 Å². The van der Waals surface area contributed by atoms with E-state index >= 15 is 0 Å². The highest BCUT2D eigenvalue weighted by Gasteiger charge is 2.28. The smallest absolute Gasteiger partial charge is 0.245 e. The summed E-state index contributed by atoms with van der Waals surface area (Å²) in [6.45, 7) is 7.68. The molecule has 0 radical (unpaired) electrons. The van der Waals surface area contributed by atoms with E-state index in [9.17, 15) is 8.42 Å². The van der Waals surface area contributed by atoms with Gasteiger partial charge in [0.25, 0.3) is 0 Å². The normalized spacial score (nSPS) is 12.9. The molecule has 0 bridgehead atoms. The lowest BCUT2D eigenvalue weighted by atomic mass is 10.1. The lowest BCUT2D eigenvalue weighted by molar-refractivity contribution is 0.311. The van der Waals surface area contributed by atoms with Crippen molar-refractivity contribution in [3.8, 4) is 22.6 Å². The molecule has 2 aromatic carbocycles. The molecule has 2 aromatic heterocycles. The van der Waals surface area contributed by atoms with Crippen molar-refractivity contribution in [1.82, 2.24) is 19.8 Å². The molecule has 0 fully saturated rings. The molecular formula is C23H24N4O3S2. The topological polar surface area (TPSA) is 98.0 Å². The second-order valence-corrected chi connectivity index (χ2v) is 10.7. The zero-order chi connectivity index (χ0) is 22.9. The van der Waals surface area contributed by atoms with Gasteiger partial charge in [0.2, 0.25) is 21.7 Å². The second kappa shape index (κ2) is 8.93. The van der Waals surface area contributed by atoms with Crippen molar-refractivity contribution in [2.24, 2.45) is 5.92 Å². The first-order valence-electron chi connectivity index (χ1n) is 10.2. The summed E-state index contributed by atoms with van der Waals surface area (Å²) in [5.74, 6) is 0.532. The molecule has 0 aliphatic rings. The highest BCUT2D eigenvalue weighted by Crippen LogP contribution is 2.28. The van der Waals surface area contributed by atoms with Crippen LogP contribution in [0.2, 0.25) is 0 Å². The molecule has 2 heterocycles. The second-order valence-electron chi connectivity index (χ2n) is 7.94. The van der Waals surface area contributed by atoms with Crippen LogP contribution in [0, 0.1) is 19.8 Å². The molecule has 0 aliphatic carbocycles. The average Bonchev–Trinajstić information content (AvgIpc) is 3.42. The van der Waals surface area contributed by atoms with E-state index in [0.717, 1.165) is 27.4 Å². The van der Waals surface area contributed by atoms with E-state index < -0.39 is 16.1 Å². The summed E-state index contributed by atoms with van der Waals surface area (Å²) in [7, 11) is -3.74. The minimum absolute atomic E-state index is 0.0983. The van der Waals surface area contributed by atoms with Crippen LogP contribution in [-0.2, 0) is 10.0 Å². The first-order chi connectivity index (χ1) is 15.2. The number of benzene rings is 2. The maximum absolute atomic E-state index is 12.9. The van der Waals surface area contributed by atoms with Crippen molar-refractivity contribution >= 4 is 21.4 Å². The van der Waals surface area contributed by atoms with Crippen LogP contribution < -0.4 is 4.72 Å². The summed E-state index contributed by atoms with van der Waals surface area (Å²) in [5, 5.41) is 7.11. The van der Waals surface area contributed by atoms with Gasteiger partial charge in [0.1, 0.15) is 6.04 Å². The van der Waals surface area contributed by atoms with E-state index in [1.54, 1.807) is 35.6 Å². The van der Waals surface area contributed by atoms with Crippen LogP contribution in [-0.4, -0.2) is 23.5 Å². The monoisotopic (exact) mass is 468 g/mol. The molecule has 4 aromatic rings. The van der Waals surface area contributed by atoms with E-state index in [1.165, 1.54) is 0 Å². The van der Waals surface area contributed by atoms with E-state index in [0.29, 0.717) is 5.82 Å². The standard InChI is InChI=1S/C23H24N4O3S2/c1-14(2)21(27-32(28,29)19-11-5-15(3)6-12-19)23-25-22(26-30-23)18-9-7-17(8-10-18)20-13-31-16(4)24-20/h5-14,21,27H,1-4H3/t21-/m1/s1. The predicted molar refractivity (Wildman–Crippen MR) is 125 cm³/mol. The van der Waals surface area contributed by atoms with Crippen LogP contribution in [0.3, 0.4) is 0 Å². The summed E-state index contributed by atoms with van der Waals surface area (Å²) in [6, 6.07) is 13.8. The molecule has 166 valence electrons. The number of sulfonamides is 1. The fourth-order valence-corrected chi connectivity index (χ4v) is 5.15. The van der Waals surface area contributed by atoms with Crippen molar-refractivity contribution in [3.63, 3.8) is 0 Å². The van der Waals surface area contributed by atoms with Crippen LogP contribution in [0.15, 0.2) is 63.3 Å². The fourth-order valence-electron chi connectivity index (χ4n) is 3.19.